The number of nitrogens with two attached hydrogens (primary N) is 1. The third-order valence-electron chi connectivity index (χ3n) is 1.98. The Hall–Kier alpha value is -2.51. The van der Waals surface area contributed by atoms with Crippen LogP contribution in [0.15, 0.2) is 29.9 Å². The molecule has 2 rings (SSSR count). The Balaban J connectivity index is 2.17. The number of aromatic nitrogens is 4. The van der Waals surface area contributed by atoms with Crippen molar-refractivity contribution < 1.29 is 9.60 Å². The summed E-state index contributed by atoms with van der Waals surface area (Å²) in [4.78, 5) is 7.54. The number of hydrogen-bond acceptors (Lipinski definition) is 5. The van der Waals surface area contributed by atoms with Crippen LogP contribution < -0.4 is 5.73 Å². The highest BCUT2D eigenvalue weighted by atomic mass is 19.1. The Labute approximate surface area is 95.4 Å². The molecule has 0 aromatic carbocycles. The fourth-order valence-electron chi connectivity index (χ4n) is 1.26. The zero-order chi connectivity index (χ0) is 12.3. The molecule has 0 atom stereocenters. The van der Waals surface area contributed by atoms with Crippen LogP contribution in [-0.2, 0) is 6.54 Å². The molecule has 0 unspecified atom stereocenters. The van der Waals surface area contributed by atoms with Crippen LogP contribution in [0, 0.1) is 5.82 Å². The Morgan fingerprint density at radius 2 is 2.35 bits per heavy atom. The van der Waals surface area contributed by atoms with E-state index >= 15 is 0 Å². The van der Waals surface area contributed by atoms with Crippen LogP contribution >= 0.6 is 0 Å². The van der Waals surface area contributed by atoms with Crippen molar-refractivity contribution in [2.75, 3.05) is 0 Å². The molecule has 0 amide bonds. The van der Waals surface area contributed by atoms with Gasteiger partial charge in [0.25, 0.3) is 0 Å². The molecule has 17 heavy (non-hydrogen) atoms. The lowest BCUT2D eigenvalue weighted by molar-refractivity contribution is 0.318. The number of halogens is 1. The smallest absolute Gasteiger partial charge is 0.219 e. The van der Waals surface area contributed by atoms with E-state index in [1.54, 1.807) is 0 Å². The molecule has 0 fully saturated rings. The number of hydrogen-bond donors (Lipinski definition) is 2. The van der Waals surface area contributed by atoms with E-state index in [9.17, 15) is 4.39 Å². The summed E-state index contributed by atoms with van der Waals surface area (Å²) in [7, 11) is 0. The molecule has 0 saturated heterocycles. The van der Waals surface area contributed by atoms with E-state index in [-0.39, 0.29) is 11.7 Å². The lowest BCUT2D eigenvalue weighted by atomic mass is 10.3. The zero-order valence-corrected chi connectivity index (χ0v) is 8.66. The molecule has 0 saturated carbocycles. The minimum Gasteiger partial charge on any atom is -0.409 e. The van der Waals surface area contributed by atoms with Crippen molar-refractivity contribution in [1.82, 2.24) is 19.7 Å². The van der Waals surface area contributed by atoms with Crippen molar-refractivity contribution in [2.45, 2.75) is 6.54 Å². The molecule has 0 aliphatic rings. The van der Waals surface area contributed by atoms with Crippen molar-refractivity contribution >= 4 is 5.84 Å². The molecule has 0 spiro atoms. The molecule has 0 bridgehead atoms. The van der Waals surface area contributed by atoms with E-state index in [1.165, 1.54) is 23.3 Å². The minimum absolute atomic E-state index is 0.108. The standard InChI is InChI=1S/C9H9FN6O/c10-7-1-6(2-12-3-7)4-16-5-13-9(14-16)8(11)15-17/h1-3,5,17H,4H2,(H2,11,15). The topological polar surface area (TPSA) is 102 Å². The van der Waals surface area contributed by atoms with Gasteiger partial charge in [0.15, 0.2) is 0 Å². The quantitative estimate of drug-likeness (QED) is 0.337. The van der Waals surface area contributed by atoms with Crippen molar-refractivity contribution in [3.63, 3.8) is 0 Å². The molecule has 0 aliphatic heterocycles. The maximum absolute atomic E-state index is 12.9. The average molecular weight is 236 g/mol. The first-order valence-electron chi connectivity index (χ1n) is 4.66. The second-order valence-electron chi connectivity index (χ2n) is 3.26. The fourth-order valence-corrected chi connectivity index (χ4v) is 1.26. The van der Waals surface area contributed by atoms with Gasteiger partial charge in [0.2, 0.25) is 11.7 Å². The first kappa shape index (κ1) is 11.0. The van der Waals surface area contributed by atoms with Crippen molar-refractivity contribution in [3.05, 3.63) is 42.0 Å². The van der Waals surface area contributed by atoms with Crippen molar-refractivity contribution in [3.8, 4) is 0 Å². The molecular weight excluding hydrogens is 227 g/mol. The van der Waals surface area contributed by atoms with Crippen molar-refractivity contribution in [1.29, 1.82) is 0 Å². The molecule has 2 aromatic rings. The van der Waals surface area contributed by atoms with E-state index in [2.05, 4.69) is 20.2 Å². The maximum Gasteiger partial charge on any atom is 0.219 e. The van der Waals surface area contributed by atoms with E-state index in [4.69, 9.17) is 10.9 Å². The highest BCUT2D eigenvalue weighted by molar-refractivity contribution is 5.93. The van der Waals surface area contributed by atoms with Gasteiger partial charge < -0.3 is 10.9 Å². The Morgan fingerprint density at radius 1 is 1.53 bits per heavy atom. The van der Waals surface area contributed by atoms with Crippen LogP contribution in [0.4, 0.5) is 4.39 Å². The number of pyridine rings is 1. The van der Waals surface area contributed by atoms with Gasteiger partial charge in [-0.2, -0.15) is 0 Å². The van der Waals surface area contributed by atoms with Gasteiger partial charge in [0.1, 0.15) is 12.1 Å². The Kier molecular flexibility index (Phi) is 2.95. The molecule has 0 radical (unpaired) electrons. The second-order valence-corrected chi connectivity index (χ2v) is 3.26. The van der Waals surface area contributed by atoms with Crippen LogP contribution in [-0.4, -0.2) is 30.8 Å². The third kappa shape index (κ3) is 2.54. The minimum atomic E-state index is -0.417. The van der Waals surface area contributed by atoms with Gasteiger partial charge in [0, 0.05) is 6.20 Å². The summed E-state index contributed by atoms with van der Waals surface area (Å²) < 4.78 is 14.3. The van der Waals surface area contributed by atoms with Crippen LogP contribution in [0.2, 0.25) is 0 Å². The number of oxime groups is 1. The molecule has 0 aliphatic carbocycles. The monoisotopic (exact) mass is 236 g/mol. The molecular formula is C9H9FN6O. The SMILES string of the molecule is N/C(=N/O)c1ncn(Cc2cncc(F)c2)n1. The largest absolute Gasteiger partial charge is 0.409 e. The molecule has 2 heterocycles. The third-order valence-corrected chi connectivity index (χ3v) is 1.98. The van der Waals surface area contributed by atoms with Gasteiger partial charge in [0.05, 0.1) is 12.7 Å². The highest BCUT2D eigenvalue weighted by Gasteiger charge is 2.06. The predicted octanol–water partition coefficient (Wildman–Crippen LogP) is -0.0450. The highest BCUT2D eigenvalue weighted by Crippen LogP contribution is 2.03. The van der Waals surface area contributed by atoms with E-state index in [1.807, 2.05) is 0 Å². The summed E-state index contributed by atoms with van der Waals surface area (Å²) in [6, 6.07) is 1.35. The van der Waals surface area contributed by atoms with Gasteiger partial charge >= 0.3 is 0 Å². The number of rotatable bonds is 3. The molecule has 7 nitrogen and oxygen atoms in total. The van der Waals surface area contributed by atoms with Gasteiger partial charge in [-0.25, -0.2) is 14.1 Å². The van der Waals surface area contributed by atoms with Crippen LogP contribution in [0.1, 0.15) is 11.4 Å². The van der Waals surface area contributed by atoms with E-state index < -0.39 is 5.82 Å². The number of nitrogens with zero attached hydrogens (tertiary/aromatic N) is 5. The Morgan fingerprint density at radius 3 is 3.06 bits per heavy atom. The molecule has 8 heteroatoms. The van der Waals surface area contributed by atoms with Crippen LogP contribution in [0.25, 0.3) is 0 Å². The average Bonchev–Trinajstić information content (AvgIpc) is 2.76. The first-order chi connectivity index (χ1) is 8.19. The van der Waals surface area contributed by atoms with Crippen LogP contribution in [0.3, 0.4) is 0 Å². The summed E-state index contributed by atoms with van der Waals surface area (Å²) in [5.41, 5.74) is 5.95. The lowest BCUT2D eigenvalue weighted by Gasteiger charge is -1.99. The lowest BCUT2D eigenvalue weighted by Crippen LogP contribution is -2.15. The Bertz CT molecular complexity index is 552. The maximum atomic E-state index is 12.9. The second kappa shape index (κ2) is 4.56. The molecule has 2 aromatic heterocycles. The van der Waals surface area contributed by atoms with E-state index in [0.717, 1.165) is 6.20 Å². The molecule has 3 N–H and O–H groups in total. The summed E-state index contributed by atoms with van der Waals surface area (Å²) in [5, 5.41) is 15.2. The van der Waals surface area contributed by atoms with Gasteiger partial charge in [-0.05, 0) is 11.6 Å². The van der Waals surface area contributed by atoms with Gasteiger partial charge in [-0.15, -0.1) is 5.10 Å². The normalized spacial score (nSPS) is 11.7. The van der Waals surface area contributed by atoms with Gasteiger partial charge in [-0.1, -0.05) is 5.16 Å². The van der Waals surface area contributed by atoms with E-state index in [0.29, 0.717) is 12.1 Å². The summed E-state index contributed by atoms with van der Waals surface area (Å²) in [6.07, 6.45) is 4.04. The first-order valence-corrected chi connectivity index (χ1v) is 4.66. The molecule has 88 valence electrons. The fraction of sp³-hybridized carbons (Fsp3) is 0.111. The van der Waals surface area contributed by atoms with Crippen molar-refractivity contribution in [2.24, 2.45) is 10.9 Å². The summed E-state index contributed by atoms with van der Waals surface area (Å²) in [6.45, 7) is 0.302. The zero-order valence-electron chi connectivity index (χ0n) is 8.66. The van der Waals surface area contributed by atoms with Gasteiger partial charge in [-0.3, -0.25) is 4.98 Å². The summed E-state index contributed by atoms with van der Waals surface area (Å²) >= 11 is 0. The predicted molar refractivity (Wildman–Crippen MR) is 55.8 cm³/mol. The van der Waals surface area contributed by atoms with Crippen LogP contribution in [0.5, 0.6) is 0 Å². The summed E-state index contributed by atoms with van der Waals surface area (Å²) in [5.74, 6) is -0.489. The number of amidine groups is 1.